The van der Waals surface area contributed by atoms with E-state index in [2.05, 4.69) is 74.4 Å². The van der Waals surface area contributed by atoms with Crippen LogP contribution in [0.2, 0.25) is 0 Å². The SMILES string of the molecule is CC(C)C[C@@H](C(=O)NCC#N)c1cccc(-c2ccc(C3(C)CCN(C)CC3)cc2)c1. The molecule has 0 bridgehead atoms. The van der Waals surface area contributed by atoms with E-state index in [9.17, 15) is 4.79 Å². The Morgan fingerprint density at radius 3 is 2.42 bits per heavy atom. The molecular weight excluding hydrogens is 382 g/mol. The van der Waals surface area contributed by atoms with E-state index in [1.54, 1.807) is 0 Å². The molecule has 1 saturated heterocycles. The Bertz CT molecular complexity index is 918. The third-order valence-electron chi connectivity index (χ3n) is 6.66. The van der Waals surface area contributed by atoms with Crippen molar-refractivity contribution in [2.75, 3.05) is 26.7 Å². The lowest BCUT2D eigenvalue weighted by atomic mass is 9.74. The largest absolute Gasteiger partial charge is 0.342 e. The predicted octanol–water partition coefficient (Wildman–Crippen LogP) is 5.11. The number of hydrogen-bond acceptors (Lipinski definition) is 3. The molecule has 1 aliphatic heterocycles. The fraction of sp³-hybridized carbons (Fsp3) is 0.481. The average Bonchev–Trinajstić information content (AvgIpc) is 2.78. The summed E-state index contributed by atoms with van der Waals surface area (Å²) in [6.07, 6.45) is 3.13. The maximum absolute atomic E-state index is 12.7. The molecule has 3 rings (SSSR count). The fourth-order valence-corrected chi connectivity index (χ4v) is 4.52. The van der Waals surface area contributed by atoms with Gasteiger partial charge in [0.15, 0.2) is 0 Å². The first-order valence-electron chi connectivity index (χ1n) is 11.4. The number of benzene rings is 2. The molecule has 1 atom stereocenters. The number of rotatable bonds is 7. The molecule has 1 fully saturated rings. The first-order chi connectivity index (χ1) is 14.8. The van der Waals surface area contributed by atoms with Crippen LogP contribution in [0.3, 0.4) is 0 Å². The van der Waals surface area contributed by atoms with Crippen molar-refractivity contribution in [2.24, 2.45) is 5.92 Å². The van der Waals surface area contributed by atoms with E-state index in [1.807, 2.05) is 18.2 Å². The van der Waals surface area contributed by atoms with E-state index in [-0.39, 0.29) is 23.8 Å². The van der Waals surface area contributed by atoms with Crippen LogP contribution >= 0.6 is 0 Å². The van der Waals surface area contributed by atoms with Gasteiger partial charge in [0.05, 0.1) is 12.0 Å². The van der Waals surface area contributed by atoms with E-state index < -0.39 is 0 Å². The van der Waals surface area contributed by atoms with Crippen LogP contribution in [0.15, 0.2) is 48.5 Å². The topological polar surface area (TPSA) is 56.1 Å². The fourth-order valence-electron chi connectivity index (χ4n) is 4.52. The lowest BCUT2D eigenvalue weighted by Crippen LogP contribution is -2.38. The highest BCUT2D eigenvalue weighted by Gasteiger charge is 2.30. The zero-order chi connectivity index (χ0) is 22.4. The number of carbonyl (C=O) groups excluding carboxylic acids is 1. The van der Waals surface area contributed by atoms with Crippen molar-refractivity contribution in [1.29, 1.82) is 5.26 Å². The number of likely N-dealkylation sites (tertiary alicyclic amines) is 1. The molecule has 0 aliphatic carbocycles. The van der Waals surface area contributed by atoms with E-state index in [1.165, 1.54) is 24.0 Å². The van der Waals surface area contributed by atoms with Crippen molar-refractivity contribution >= 4 is 5.91 Å². The smallest absolute Gasteiger partial charge is 0.228 e. The second-order valence-corrected chi connectivity index (χ2v) is 9.62. The maximum atomic E-state index is 12.7. The molecule has 0 saturated carbocycles. The molecule has 31 heavy (non-hydrogen) atoms. The number of nitrogens with zero attached hydrogens (tertiary/aromatic N) is 2. The number of nitriles is 1. The molecule has 0 aromatic heterocycles. The van der Waals surface area contributed by atoms with Gasteiger partial charge in [-0.1, -0.05) is 69.3 Å². The highest BCUT2D eigenvalue weighted by molar-refractivity contribution is 5.84. The van der Waals surface area contributed by atoms with Crippen LogP contribution in [0.4, 0.5) is 0 Å². The number of amides is 1. The van der Waals surface area contributed by atoms with Crippen LogP contribution in [0.5, 0.6) is 0 Å². The molecule has 1 aliphatic rings. The van der Waals surface area contributed by atoms with Gasteiger partial charge in [0.25, 0.3) is 0 Å². The molecule has 4 heteroatoms. The molecule has 0 spiro atoms. The standard InChI is InChI=1S/C27H35N3O/c1-20(2)18-25(26(31)29-15-14-28)23-7-5-6-22(19-23)21-8-10-24(11-9-21)27(3)12-16-30(4)17-13-27/h5-11,19-20,25H,12-13,15-18H2,1-4H3,(H,29,31)/t25-/m1/s1. The van der Waals surface area contributed by atoms with Gasteiger partial charge in [0, 0.05) is 0 Å². The normalized spacial score (nSPS) is 17.2. The first kappa shape index (κ1) is 23.0. The van der Waals surface area contributed by atoms with Crippen LogP contribution in [0, 0.1) is 17.2 Å². The molecule has 1 N–H and O–H groups in total. The highest BCUT2D eigenvalue weighted by atomic mass is 16.1. The minimum absolute atomic E-state index is 0.0448. The van der Waals surface area contributed by atoms with Gasteiger partial charge in [-0.25, -0.2) is 0 Å². The summed E-state index contributed by atoms with van der Waals surface area (Å²) in [4.78, 5) is 15.1. The Labute approximate surface area is 187 Å². The Morgan fingerprint density at radius 1 is 1.13 bits per heavy atom. The second kappa shape index (κ2) is 10.1. The number of piperidine rings is 1. The Balaban J connectivity index is 1.83. The van der Waals surface area contributed by atoms with Crippen LogP contribution in [-0.4, -0.2) is 37.5 Å². The van der Waals surface area contributed by atoms with Crippen molar-refractivity contribution in [2.45, 2.75) is 51.4 Å². The van der Waals surface area contributed by atoms with Gasteiger partial charge in [0.1, 0.15) is 6.54 Å². The highest BCUT2D eigenvalue weighted by Crippen LogP contribution is 2.36. The summed E-state index contributed by atoms with van der Waals surface area (Å²) in [5.74, 6) is 0.0692. The van der Waals surface area contributed by atoms with Gasteiger partial charge < -0.3 is 10.2 Å². The summed E-state index contributed by atoms with van der Waals surface area (Å²) < 4.78 is 0. The van der Waals surface area contributed by atoms with Gasteiger partial charge in [-0.2, -0.15) is 5.26 Å². The molecular formula is C27H35N3O. The van der Waals surface area contributed by atoms with E-state index in [0.717, 1.165) is 30.6 Å². The number of carbonyl (C=O) groups is 1. The van der Waals surface area contributed by atoms with Gasteiger partial charge in [-0.3, -0.25) is 4.79 Å². The molecule has 0 unspecified atom stereocenters. The average molecular weight is 418 g/mol. The number of hydrogen-bond donors (Lipinski definition) is 1. The molecule has 0 radical (unpaired) electrons. The Hall–Kier alpha value is -2.64. The zero-order valence-electron chi connectivity index (χ0n) is 19.3. The Kier molecular flexibility index (Phi) is 7.51. The van der Waals surface area contributed by atoms with Crippen molar-refractivity contribution in [3.8, 4) is 17.2 Å². The minimum Gasteiger partial charge on any atom is -0.342 e. The van der Waals surface area contributed by atoms with Crippen LogP contribution < -0.4 is 5.32 Å². The zero-order valence-corrected chi connectivity index (χ0v) is 19.3. The third kappa shape index (κ3) is 5.74. The maximum Gasteiger partial charge on any atom is 0.228 e. The lowest BCUT2D eigenvalue weighted by molar-refractivity contribution is -0.122. The van der Waals surface area contributed by atoms with Gasteiger partial charge in [-0.05, 0) is 73.0 Å². The van der Waals surface area contributed by atoms with Crippen molar-refractivity contribution in [3.63, 3.8) is 0 Å². The lowest BCUT2D eigenvalue weighted by Gasteiger charge is -2.38. The summed E-state index contributed by atoms with van der Waals surface area (Å²) in [5.41, 5.74) is 4.96. The monoisotopic (exact) mass is 417 g/mol. The number of nitrogens with one attached hydrogen (secondary N) is 1. The molecule has 4 nitrogen and oxygen atoms in total. The van der Waals surface area contributed by atoms with Crippen molar-refractivity contribution < 1.29 is 4.79 Å². The van der Waals surface area contributed by atoms with E-state index in [4.69, 9.17) is 5.26 Å². The van der Waals surface area contributed by atoms with Gasteiger partial charge in [0.2, 0.25) is 5.91 Å². The van der Waals surface area contributed by atoms with Gasteiger partial charge in [-0.15, -0.1) is 0 Å². The minimum atomic E-state index is -0.245. The summed E-state index contributed by atoms with van der Waals surface area (Å²) in [6.45, 7) is 8.96. The van der Waals surface area contributed by atoms with Crippen LogP contribution in [0.1, 0.15) is 57.1 Å². The third-order valence-corrected chi connectivity index (χ3v) is 6.66. The van der Waals surface area contributed by atoms with Crippen molar-refractivity contribution in [1.82, 2.24) is 10.2 Å². The second-order valence-electron chi connectivity index (χ2n) is 9.62. The molecule has 2 aromatic carbocycles. The van der Waals surface area contributed by atoms with E-state index in [0.29, 0.717) is 5.92 Å². The first-order valence-corrected chi connectivity index (χ1v) is 11.4. The predicted molar refractivity (Wildman–Crippen MR) is 127 cm³/mol. The molecule has 164 valence electrons. The van der Waals surface area contributed by atoms with Crippen LogP contribution in [0.25, 0.3) is 11.1 Å². The van der Waals surface area contributed by atoms with Crippen LogP contribution in [-0.2, 0) is 10.2 Å². The summed E-state index contributed by atoms with van der Waals surface area (Å²) in [5, 5.41) is 11.6. The Morgan fingerprint density at radius 2 is 1.81 bits per heavy atom. The summed E-state index contributed by atoms with van der Waals surface area (Å²) in [6, 6.07) is 19.3. The van der Waals surface area contributed by atoms with Crippen molar-refractivity contribution in [3.05, 3.63) is 59.7 Å². The molecule has 1 amide bonds. The summed E-state index contributed by atoms with van der Waals surface area (Å²) >= 11 is 0. The van der Waals surface area contributed by atoms with Gasteiger partial charge >= 0.3 is 0 Å². The van der Waals surface area contributed by atoms with E-state index >= 15 is 0 Å². The molecule has 1 heterocycles. The molecule has 2 aromatic rings. The summed E-state index contributed by atoms with van der Waals surface area (Å²) in [7, 11) is 2.20. The quantitative estimate of drug-likeness (QED) is 0.637.